The van der Waals surface area contributed by atoms with Crippen molar-refractivity contribution >= 4 is 56.5 Å². The predicted octanol–water partition coefficient (Wildman–Crippen LogP) is 5.28. The molecule has 0 spiro atoms. The summed E-state index contributed by atoms with van der Waals surface area (Å²) >= 11 is 8.38. The Morgan fingerprint density at radius 1 is 1.27 bits per heavy atom. The van der Waals surface area contributed by atoms with Crippen LogP contribution >= 0.6 is 34.7 Å². The van der Waals surface area contributed by atoms with E-state index in [-0.39, 0.29) is 23.0 Å². The van der Waals surface area contributed by atoms with Crippen LogP contribution in [0, 0.1) is 12.7 Å². The molecule has 0 fully saturated rings. The molecule has 0 atom stereocenters. The molecule has 0 unspecified atom stereocenters. The maximum Gasteiger partial charge on any atom is 0.276 e. The fourth-order valence-electron chi connectivity index (χ4n) is 2.96. The number of carbonyl (C=O) groups is 1. The summed E-state index contributed by atoms with van der Waals surface area (Å²) in [6, 6.07) is 12.8. The number of halogens is 2. The van der Waals surface area contributed by atoms with Crippen molar-refractivity contribution < 1.29 is 9.18 Å². The van der Waals surface area contributed by atoms with Gasteiger partial charge in [0.25, 0.3) is 5.56 Å². The highest BCUT2D eigenvalue weighted by atomic mass is 35.5. The van der Waals surface area contributed by atoms with Gasteiger partial charge in [-0.3, -0.25) is 14.2 Å². The standard InChI is InChI=1S/C21H15ClFN3O2S2/c1-12-9-14(23)5-6-17(12)26-20(28)19-16(7-8-29-19)25-21(26)30-11-18(27)24-15-4-2-3-13(22)10-15/h2-10H,11H2,1H3,(H,24,27). The quantitative estimate of drug-likeness (QED) is 0.326. The fourth-order valence-corrected chi connectivity index (χ4v) is 4.72. The average Bonchev–Trinajstić information content (AvgIpc) is 3.16. The van der Waals surface area contributed by atoms with E-state index in [0.717, 1.165) is 11.8 Å². The van der Waals surface area contributed by atoms with Crippen molar-refractivity contribution in [2.45, 2.75) is 12.1 Å². The Balaban J connectivity index is 1.67. The first-order chi connectivity index (χ1) is 14.4. The van der Waals surface area contributed by atoms with Gasteiger partial charge in [-0.1, -0.05) is 29.4 Å². The molecule has 2 aromatic carbocycles. The number of hydrogen-bond donors (Lipinski definition) is 1. The highest BCUT2D eigenvalue weighted by Gasteiger charge is 2.17. The van der Waals surface area contributed by atoms with E-state index in [0.29, 0.717) is 37.3 Å². The van der Waals surface area contributed by atoms with Crippen molar-refractivity contribution in [3.63, 3.8) is 0 Å². The Morgan fingerprint density at radius 3 is 2.87 bits per heavy atom. The largest absolute Gasteiger partial charge is 0.325 e. The summed E-state index contributed by atoms with van der Waals surface area (Å²) in [5.41, 5.74) is 2.03. The number of nitrogens with one attached hydrogen (secondary N) is 1. The number of aromatic nitrogens is 2. The third kappa shape index (κ3) is 4.26. The Bertz CT molecular complexity index is 1320. The second-order valence-corrected chi connectivity index (χ2v) is 8.74. The Kier molecular flexibility index (Phi) is 5.90. The molecule has 0 aliphatic carbocycles. The number of hydrogen-bond acceptors (Lipinski definition) is 5. The third-order valence-corrected chi connectivity index (χ3v) is 6.35. The molecule has 1 amide bonds. The number of amides is 1. The zero-order chi connectivity index (χ0) is 21.3. The SMILES string of the molecule is Cc1cc(F)ccc1-n1c(SCC(=O)Nc2cccc(Cl)c2)nc2ccsc2c1=O. The maximum atomic E-state index is 13.6. The summed E-state index contributed by atoms with van der Waals surface area (Å²) in [5.74, 6) is -0.608. The number of benzene rings is 2. The molecule has 9 heteroatoms. The lowest BCUT2D eigenvalue weighted by atomic mass is 10.2. The average molecular weight is 460 g/mol. The lowest BCUT2D eigenvalue weighted by molar-refractivity contribution is -0.113. The zero-order valence-corrected chi connectivity index (χ0v) is 18.1. The summed E-state index contributed by atoms with van der Waals surface area (Å²) in [4.78, 5) is 30.1. The Hall–Kier alpha value is -2.68. The van der Waals surface area contributed by atoms with Gasteiger partial charge in [-0.2, -0.15) is 0 Å². The van der Waals surface area contributed by atoms with Crippen LogP contribution in [0.15, 0.2) is 63.9 Å². The number of fused-ring (bicyclic) bond motifs is 1. The van der Waals surface area contributed by atoms with Crippen LogP contribution in [-0.4, -0.2) is 21.2 Å². The van der Waals surface area contributed by atoms with E-state index < -0.39 is 0 Å². The lowest BCUT2D eigenvalue weighted by Gasteiger charge is -2.14. The topological polar surface area (TPSA) is 64.0 Å². The molecular weight excluding hydrogens is 445 g/mol. The van der Waals surface area contributed by atoms with Gasteiger partial charge in [0.05, 0.1) is 17.0 Å². The molecule has 152 valence electrons. The van der Waals surface area contributed by atoms with E-state index in [1.54, 1.807) is 48.7 Å². The van der Waals surface area contributed by atoms with E-state index in [2.05, 4.69) is 10.3 Å². The summed E-state index contributed by atoms with van der Waals surface area (Å²) in [6.45, 7) is 1.73. The molecule has 0 radical (unpaired) electrons. The summed E-state index contributed by atoms with van der Waals surface area (Å²) in [5, 5.41) is 5.45. The molecule has 0 saturated carbocycles. The first kappa shape index (κ1) is 20.6. The molecule has 5 nitrogen and oxygen atoms in total. The number of thiophene rings is 1. The molecular formula is C21H15ClFN3O2S2. The van der Waals surface area contributed by atoms with Crippen LogP contribution in [0.3, 0.4) is 0 Å². The van der Waals surface area contributed by atoms with Crippen molar-refractivity contribution in [1.29, 1.82) is 0 Å². The normalized spacial score (nSPS) is 11.0. The second-order valence-electron chi connectivity index (χ2n) is 6.45. The number of nitrogens with zero attached hydrogens (tertiary/aromatic N) is 2. The number of anilines is 1. The van der Waals surface area contributed by atoms with Crippen molar-refractivity contribution in [2.75, 3.05) is 11.1 Å². The van der Waals surface area contributed by atoms with E-state index in [1.165, 1.54) is 28.0 Å². The zero-order valence-electron chi connectivity index (χ0n) is 15.7. The second kappa shape index (κ2) is 8.59. The number of rotatable bonds is 5. The van der Waals surface area contributed by atoms with Crippen LogP contribution in [0.2, 0.25) is 5.02 Å². The minimum atomic E-state index is -0.385. The van der Waals surface area contributed by atoms with Gasteiger partial charge in [0.2, 0.25) is 5.91 Å². The van der Waals surface area contributed by atoms with E-state index in [9.17, 15) is 14.0 Å². The molecule has 4 rings (SSSR count). The molecule has 1 N–H and O–H groups in total. The predicted molar refractivity (Wildman–Crippen MR) is 121 cm³/mol. The summed E-state index contributed by atoms with van der Waals surface area (Å²) in [6.07, 6.45) is 0. The lowest BCUT2D eigenvalue weighted by Crippen LogP contribution is -2.23. The van der Waals surface area contributed by atoms with Crippen molar-refractivity contribution in [2.24, 2.45) is 0 Å². The van der Waals surface area contributed by atoms with Crippen LogP contribution in [0.4, 0.5) is 10.1 Å². The van der Waals surface area contributed by atoms with E-state index >= 15 is 0 Å². The minimum absolute atomic E-state index is 0.0365. The Morgan fingerprint density at radius 2 is 2.10 bits per heavy atom. The number of thioether (sulfide) groups is 1. The molecule has 30 heavy (non-hydrogen) atoms. The minimum Gasteiger partial charge on any atom is -0.325 e. The molecule has 4 aromatic rings. The number of carbonyl (C=O) groups excluding carboxylic acids is 1. The van der Waals surface area contributed by atoms with E-state index in [1.807, 2.05) is 0 Å². The van der Waals surface area contributed by atoms with Gasteiger partial charge in [0.1, 0.15) is 10.5 Å². The fraction of sp³-hybridized carbons (Fsp3) is 0.0952. The molecule has 0 bridgehead atoms. The monoisotopic (exact) mass is 459 g/mol. The first-order valence-electron chi connectivity index (χ1n) is 8.87. The summed E-state index contributed by atoms with van der Waals surface area (Å²) in [7, 11) is 0. The maximum absolute atomic E-state index is 13.6. The van der Waals surface area contributed by atoms with E-state index in [4.69, 9.17) is 11.6 Å². The third-order valence-electron chi connectivity index (χ3n) is 4.29. The van der Waals surface area contributed by atoms with Crippen molar-refractivity contribution in [3.8, 4) is 5.69 Å². The van der Waals surface area contributed by atoms with Gasteiger partial charge in [-0.05, 0) is 60.3 Å². The van der Waals surface area contributed by atoms with Gasteiger partial charge >= 0.3 is 0 Å². The Labute approximate surface area is 184 Å². The highest BCUT2D eigenvalue weighted by Crippen LogP contribution is 2.25. The van der Waals surface area contributed by atoms with Crippen LogP contribution in [0.25, 0.3) is 15.9 Å². The summed E-state index contributed by atoms with van der Waals surface area (Å²) < 4.78 is 15.5. The van der Waals surface area contributed by atoms with Gasteiger partial charge < -0.3 is 5.32 Å². The molecule has 0 aliphatic heterocycles. The van der Waals surface area contributed by atoms with Crippen LogP contribution in [-0.2, 0) is 4.79 Å². The smallest absolute Gasteiger partial charge is 0.276 e. The molecule has 2 heterocycles. The van der Waals surface area contributed by atoms with Gasteiger partial charge in [-0.25, -0.2) is 9.37 Å². The highest BCUT2D eigenvalue weighted by molar-refractivity contribution is 7.99. The number of aryl methyl sites for hydroxylation is 1. The van der Waals surface area contributed by atoms with Crippen molar-refractivity contribution in [3.05, 3.63) is 80.7 Å². The van der Waals surface area contributed by atoms with Crippen LogP contribution in [0.1, 0.15) is 5.56 Å². The first-order valence-corrected chi connectivity index (χ1v) is 11.1. The van der Waals surface area contributed by atoms with Gasteiger partial charge in [-0.15, -0.1) is 11.3 Å². The molecule has 2 aromatic heterocycles. The van der Waals surface area contributed by atoms with Crippen molar-refractivity contribution in [1.82, 2.24) is 9.55 Å². The van der Waals surface area contributed by atoms with Gasteiger partial charge in [0, 0.05) is 10.7 Å². The molecule has 0 saturated heterocycles. The van der Waals surface area contributed by atoms with Gasteiger partial charge in [0.15, 0.2) is 5.16 Å². The van der Waals surface area contributed by atoms with Crippen LogP contribution in [0.5, 0.6) is 0 Å². The molecule has 0 aliphatic rings. The van der Waals surface area contributed by atoms with Crippen LogP contribution < -0.4 is 10.9 Å².